The molecule has 9 nitrogen and oxygen atoms in total. The molecule has 1 aromatic heterocycles. The summed E-state index contributed by atoms with van der Waals surface area (Å²) in [4.78, 5) is 28.1. The monoisotopic (exact) mass is 512 g/mol. The summed E-state index contributed by atoms with van der Waals surface area (Å²) in [5.41, 5.74) is 2.56. The predicted octanol–water partition coefficient (Wildman–Crippen LogP) is 6.08. The molecular formula is C27H20N4O5S. The lowest BCUT2D eigenvalue weighted by Crippen LogP contribution is -2.34. The number of hydrogen-bond donors (Lipinski definition) is 2. The van der Waals surface area contributed by atoms with Gasteiger partial charge < -0.3 is 14.5 Å². The summed E-state index contributed by atoms with van der Waals surface area (Å²) >= 11 is 5.29. The van der Waals surface area contributed by atoms with Crippen molar-refractivity contribution in [2.45, 2.75) is 6.92 Å². The number of hydrogen-bond acceptors (Lipinski definition) is 7. The van der Waals surface area contributed by atoms with Crippen LogP contribution >= 0.6 is 12.2 Å². The van der Waals surface area contributed by atoms with Crippen LogP contribution in [0, 0.1) is 10.1 Å². The van der Waals surface area contributed by atoms with Crippen LogP contribution in [0.4, 0.5) is 11.4 Å². The number of rotatable bonds is 6. The summed E-state index contributed by atoms with van der Waals surface area (Å²) in [6.45, 7) is 1.98. The summed E-state index contributed by atoms with van der Waals surface area (Å²) in [6, 6.07) is 23.1. The van der Waals surface area contributed by atoms with E-state index in [4.69, 9.17) is 26.4 Å². The molecule has 1 heterocycles. The van der Waals surface area contributed by atoms with Crippen LogP contribution in [0.1, 0.15) is 17.3 Å². The van der Waals surface area contributed by atoms with E-state index in [2.05, 4.69) is 10.6 Å². The van der Waals surface area contributed by atoms with Crippen LogP contribution in [0.5, 0.6) is 5.75 Å². The van der Waals surface area contributed by atoms with Gasteiger partial charge in [-0.1, -0.05) is 36.4 Å². The maximum absolute atomic E-state index is 12.7. The Morgan fingerprint density at radius 1 is 1.08 bits per heavy atom. The predicted molar refractivity (Wildman–Crippen MR) is 145 cm³/mol. The zero-order valence-electron chi connectivity index (χ0n) is 19.6. The molecule has 2 N–H and O–H groups in total. The second kappa shape index (κ2) is 10.0. The van der Waals surface area contributed by atoms with Crippen molar-refractivity contribution in [1.82, 2.24) is 10.3 Å². The molecule has 5 rings (SSSR count). The number of nitro benzene ring substituents is 1. The molecule has 0 radical (unpaired) electrons. The SMILES string of the molecule is CCOc1ccc(C(=O)NC(=S)Nc2cccc(-c3nc4c(ccc5ccccc54)o3)c2)cc1[N+](=O)[O-]. The molecule has 4 aromatic carbocycles. The fourth-order valence-electron chi connectivity index (χ4n) is 3.93. The summed E-state index contributed by atoms with van der Waals surface area (Å²) < 4.78 is 11.3. The lowest BCUT2D eigenvalue weighted by molar-refractivity contribution is -0.385. The number of oxazole rings is 1. The number of ether oxygens (including phenoxy) is 1. The number of nitrogens with one attached hydrogen (secondary N) is 2. The van der Waals surface area contributed by atoms with Gasteiger partial charge in [-0.15, -0.1) is 0 Å². The first-order valence-electron chi connectivity index (χ1n) is 11.3. The number of carbonyl (C=O) groups excluding carboxylic acids is 1. The van der Waals surface area contributed by atoms with Crippen LogP contribution < -0.4 is 15.4 Å². The van der Waals surface area contributed by atoms with Gasteiger partial charge in [0.1, 0.15) is 5.52 Å². The van der Waals surface area contributed by atoms with Crippen molar-refractivity contribution in [2.24, 2.45) is 0 Å². The number of amides is 1. The summed E-state index contributed by atoms with van der Waals surface area (Å²) in [6.07, 6.45) is 0. The molecule has 0 saturated heterocycles. The van der Waals surface area contributed by atoms with Gasteiger partial charge in [-0.3, -0.25) is 20.2 Å². The number of aromatic nitrogens is 1. The van der Waals surface area contributed by atoms with E-state index in [1.807, 2.05) is 48.5 Å². The normalized spacial score (nSPS) is 10.8. The molecule has 5 aromatic rings. The molecule has 0 fully saturated rings. The number of carbonyl (C=O) groups is 1. The third-order valence-electron chi connectivity index (χ3n) is 5.60. The van der Waals surface area contributed by atoms with Crippen molar-refractivity contribution in [3.63, 3.8) is 0 Å². The molecule has 0 aliphatic carbocycles. The van der Waals surface area contributed by atoms with E-state index in [0.717, 1.165) is 27.9 Å². The molecule has 1 amide bonds. The summed E-state index contributed by atoms with van der Waals surface area (Å²) in [5.74, 6) is -0.0500. The lowest BCUT2D eigenvalue weighted by atomic mass is 10.1. The Morgan fingerprint density at radius 3 is 2.73 bits per heavy atom. The maximum atomic E-state index is 12.7. The second-order valence-corrected chi connectivity index (χ2v) is 8.42. The third-order valence-corrected chi connectivity index (χ3v) is 5.80. The summed E-state index contributed by atoms with van der Waals surface area (Å²) in [5, 5.41) is 19.0. The third kappa shape index (κ3) is 4.95. The Balaban J connectivity index is 1.33. The van der Waals surface area contributed by atoms with Crippen molar-refractivity contribution in [2.75, 3.05) is 11.9 Å². The van der Waals surface area contributed by atoms with Crippen molar-refractivity contribution in [3.8, 4) is 17.2 Å². The molecule has 0 atom stereocenters. The maximum Gasteiger partial charge on any atom is 0.311 e. The van der Waals surface area contributed by atoms with Crippen LogP contribution in [0.25, 0.3) is 33.3 Å². The first-order valence-corrected chi connectivity index (χ1v) is 11.8. The van der Waals surface area contributed by atoms with E-state index >= 15 is 0 Å². The van der Waals surface area contributed by atoms with Gasteiger partial charge in [0.2, 0.25) is 5.89 Å². The zero-order valence-corrected chi connectivity index (χ0v) is 20.4. The average molecular weight is 513 g/mol. The van der Waals surface area contributed by atoms with Gasteiger partial charge >= 0.3 is 5.69 Å². The van der Waals surface area contributed by atoms with E-state index in [0.29, 0.717) is 17.2 Å². The van der Waals surface area contributed by atoms with Crippen molar-refractivity contribution in [3.05, 3.63) is 94.5 Å². The minimum absolute atomic E-state index is 0.0299. The number of nitrogens with zero attached hydrogens (tertiary/aromatic N) is 2. The fourth-order valence-corrected chi connectivity index (χ4v) is 4.14. The fraction of sp³-hybridized carbons (Fsp3) is 0.0741. The molecule has 0 saturated carbocycles. The lowest BCUT2D eigenvalue weighted by Gasteiger charge is -2.11. The van der Waals surface area contributed by atoms with Crippen LogP contribution in [-0.4, -0.2) is 27.5 Å². The highest BCUT2D eigenvalue weighted by molar-refractivity contribution is 7.80. The molecule has 0 unspecified atom stereocenters. The standard InChI is InChI=1S/C27H20N4O5S/c1-2-35-22-12-11-17(15-21(22)31(33)34)25(32)30-27(37)28-19-8-5-7-18(14-19)26-29-24-20-9-4-3-6-16(20)10-13-23(24)36-26/h3-15H,2H2,1H3,(H2,28,30,32,37). The highest BCUT2D eigenvalue weighted by Gasteiger charge is 2.19. The van der Waals surface area contributed by atoms with Gasteiger partial charge in [-0.05, 0) is 60.9 Å². The number of nitro groups is 1. The van der Waals surface area contributed by atoms with E-state index < -0.39 is 10.8 Å². The van der Waals surface area contributed by atoms with Crippen molar-refractivity contribution < 1.29 is 18.9 Å². The Morgan fingerprint density at radius 2 is 1.92 bits per heavy atom. The molecule has 10 heteroatoms. The molecule has 0 aliphatic heterocycles. The number of anilines is 1. The van der Waals surface area contributed by atoms with Gasteiger partial charge in [0.25, 0.3) is 5.91 Å². The largest absolute Gasteiger partial charge is 0.487 e. The van der Waals surface area contributed by atoms with Gasteiger partial charge in [0.05, 0.1) is 11.5 Å². The minimum atomic E-state index is -0.598. The smallest absolute Gasteiger partial charge is 0.311 e. The molecular weight excluding hydrogens is 492 g/mol. The Hall–Kier alpha value is -4.83. The molecule has 37 heavy (non-hydrogen) atoms. The number of benzene rings is 4. The van der Waals surface area contributed by atoms with E-state index in [1.165, 1.54) is 12.1 Å². The first kappa shape index (κ1) is 23.9. The highest BCUT2D eigenvalue weighted by atomic mass is 32.1. The molecule has 184 valence electrons. The average Bonchev–Trinajstić information content (AvgIpc) is 3.34. The van der Waals surface area contributed by atoms with Crippen molar-refractivity contribution >= 4 is 56.5 Å². The topological polar surface area (TPSA) is 120 Å². The van der Waals surface area contributed by atoms with Crippen LogP contribution in [0.3, 0.4) is 0 Å². The second-order valence-electron chi connectivity index (χ2n) is 8.01. The molecule has 0 bridgehead atoms. The van der Waals surface area contributed by atoms with E-state index in [-0.39, 0.29) is 28.7 Å². The Bertz CT molecular complexity index is 1680. The van der Waals surface area contributed by atoms with Gasteiger partial charge in [0.15, 0.2) is 16.4 Å². The van der Waals surface area contributed by atoms with Gasteiger partial charge in [-0.2, -0.15) is 0 Å². The molecule has 0 spiro atoms. The number of thiocarbonyl (C=S) groups is 1. The Kier molecular flexibility index (Phi) is 6.48. The number of fused-ring (bicyclic) bond motifs is 3. The van der Waals surface area contributed by atoms with Crippen molar-refractivity contribution in [1.29, 1.82) is 0 Å². The molecule has 0 aliphatic rings. The first-order chi connectivity index (χ1) is 17.9. The zero-order chi connectivity index (χ0) is 25.9. The Labute approximate surface area is 216 Å². The van der Waals surface area contributed by atoms with E-state index in [9.17, 15) is 14.9 Å². The summed E-state index contributed by atoms with van der Waals surface area (Å²) in [7, 11) is 0. The van der Waals surface area contributed by atoms with E-state index in [1.54, 1.807) is 19.1 Å². The van der Waals surface area contributed by atoms with Crippen LogP contribution in [-0.2, 0) is 0 Å². The van der Waals surface area contributed by atoms with Gasteiger partial charge in [0, 0.05) is 28.3 Å². The van der Waals surface area contributed by atoms with Crippen LogP contribution in [0.2, 0.25) is 0 Å². The minimum Gasteiger partial charge on any atom is -0.487 e. The van der Waals surface area contributed by atoms with Gasteiger partial charge in [-0.25, -0.2) is 4.98 Å². The highest BCUT2D eigenvalue weighted by Crippen LogP contribution is 2.31. The van der Waals surface area contributed by atoms with Crippen LogP contribution in [0.15, 0.2) is 83.3 Å². The quantitative estimate of drug-likeness (QED) is 0.160.